The van der Waals surface area contributed by atoms with E-state index in [1.807, 2.05) is 0 Å². The summed E-state index contributed by atoms with van der Waals surface area (Å²) in [5.41, 5.74) is -0.789. The molecule has 22 heavy (non-hydrogen) atoms. The Labute approximate surface area is 171 Å². The van der Waals surface area contributed by atoms with Crippen LogP contribution >= 0.6 is 77.0 Å². The van der Waals surface area contributed by atoms with Crippen LogP contribution in [0.15, 0.2) is 17.3 Å². The van der Waals surface area contributed by atoms with Crippen molar-refractivity contribution in [3.05, 3.63) is 22.9 Å². The predicted octanol–water partition coefficient (Wildman–Crippen LogP) is 5.03. The molecule has 1 rings (SSSR count). The molecule has 0 bridgehead atoms. The lowest BCUT2D eigenvalue weighted by atomic mass is 10.2. The van der Waals surface area contributed by atoms with Gasteiger partial charge in [0.1, 0.15) is 17.1 Å². The highest BCUT2D eigenvalue weighted by atomic mass is 127. The first-order chi connectivity index (χ1) is 9.90. The van der Waals surface area contributed by atoms with E-state index in [0.717, 1.165) is 11.0 Å². The fraction of sp³-hybridized carbons (Fsp3) is 0.417. The number of ether oxygens (including phenoxy) is 1. The van der Waals surface area contributed by atoms with E-state index in [1.54, 1.807) is 13.8 Å². The zero-order valence-corrected chi connectivity index (χ0v) is 19.5. The van der Waals surface area contributed by atoms with Crippen LogP contribution in [-0.2, 0) is 4.74 Å². The Morgan fingerprint density at radius 2 is 1.91 bits per heavy atom. The van der Waals surface area contributed by atoms with Crippen molar-refractivity contribution in [3.8, 4) is 0 Å². The number of nitroso groups, excluding NO2 is 1. The van der Waals surface area contributed by atoms with Gasteiger partial charge in [0.25, 0.3) is 0 Å². The van der Waals surface area contributed by atoms with Crippen LogP contribution < -0.4 is 10.2 Å². The van der Waals surface area contributed by atoms with Gasteiger partial charge in [0.15, 0.2) is -0.565 Å². The Morgan fingerprint density at radius 3 is 2.36 bits per heavy atom. The lowest BCUT2D eigenvalue weighted by molar-refractivity contribution is 0.0592. The maximum absolute atomic E-state index is 14.0. The van der Waals surface area contributed by atoms with Crippen LogP contribution in [0.1, 0.15) is 13.8 Å². The Kier molecular flexibility index (Phi) is 7.22. The third-order valence-electron chi connectivity index (χ3n) is 2.85. The molecular weight excluding hydrogens is 651 g/mol. The Bertz CT molecular complexity index is 608. The second-order valence-corrected chi connectivity index (χ2v) is 16.6. The molecule has 1 aromatic carbocycles. The summed E-state index contributed by atoms with van der Waals surface area (Å²) in [6.45, 7) is 3.56. The molecule has 0 N–H and O–H groups in total. The molecule has 0 spiro atoms. The fourth-order valence-corrected chi connectivity index (χ4v) is 1.97. The fourth-order valence-electron chi connectivity index (χ4n) is 1.35. The van der Waals surface area contributed by atoms with E-state index in [1.165, 1.54) is 13.1 Å². The SMILES string of the molecule is CN(C(=O)OC(C)(C)C(I)(I)I)c1cc(P)c(N=O)cc1F. The van der Waals surface area contributed by atoms with Crippen LogP contribution in [0.4, 0.5) is 20.6 Å². The number of anilines is 1. The smallest absolute Gasteiger partial charge is 0.414 e. The van der Waals surface area contributed by atoms with Crippen molar-refractivity contribution in [3.63, 3.8) is 0 Å². The number of amides is 1. The van der Waals surface area contributed by atoms with Gasteiger partial charge in [0, 0.05) is 18.4 Å². The summed E-state index contributed by atoms with van der Waals surface area (Å²) < 4.78 is 19.1. The van der Waals surface area contributed by atoms with Crippen molar-refractivity contribution in [1.29, 1.82) is 0 Å². The molecule has 1 unspecified atom stereocenters. The summed E-state index contributed by atoms with van der Waals surface area (Å²) in [4.78, 5) is 23.9. The van der Waals surface area contributed by atoms with Crippen LogP contribution in [-0.4, -0.2) is 18.2 Å². The molecule has 1 atom stereocenters. The highest BCUT2D eigenvalue weighted by Crippen LogP contribution is 2.47. The number of nitrogens with zero attached hydrogens (tertiary/aromatic N) is 2. The summed E-state index contributed by atoms with van der Waals surface area (Å²) in [6, 6.07) is 2.34. The van der Waals surface area contributed by atoms with Crippen LogP contribution in [0.25, 0.3) is 0 Å². The minimum atomic E-state index is -0.773. The third-order valence-corrected chi connectivity index (χ3v) is 7.21. The van der Waals surface area contributed by atoms with Crippen LogP contribution in [0.5, 0.6) is 0 Å². The summed E-state index contributed by atoms with van der Waals surface area (Å²) in [5.74, 6) is -0.720. The van der Waals surface area contributed by atoms with Crippen molar-refractivity contribution in [2.75, 3.05) is 11.9 Å². The Hall–Kier alpha value is 0.640. The van der Waals surface area contributed by atoms with Gasteiger partial charge in [-0.3, -0.25) is 4.90 Å². The van der Waals surface area contributed by atoms with Gasteiger partial charge in [-0.05, 0) is 25.1 Å². The maximum Gasteiger partial charge on any atom is 0.414 e. The van der Waals surface area contributed by atoms with Crippen molar-refractivity contribution in [2.45, 2.75) is 18.9 Å². The highest BCUT2D eigenvalue weighted by Gasteiger charge is 2.42. The zero-order valence-electron chi connectivity index (χ0n) is 11.9. The van der Waals surface area contributed by atoms with Gasteiger partial charge < -0.3 is 4.74 Å². The van der Waals surface area contributed by atoms with Crippen LogP contribution in [0, 0.1) is 10.7 Å². The lowest BCUT2D eigenvalue weighted by Gasteiger charge is -2.34. The molecule has 0 aromatic heterocycles. The van der Waals surface area contributed by atoms with E-state index in [9.17, 15) is 14.1 Å². The van der Waals surface area contributed by atoms with E-state index < -0.39 is 17.5 Å². The van der Waals surface area contributed by atoms with E-state index in [0.29, 0.717) is 5.30 Å². The van der Waals surface area contributed by atoms with Gasteiger partial charge in [-0.15, -0.1) is 14.1 Å². The minimum absolute atomic E-state index is 0.0131. The maximum atomic E-state index is 14.0. The van der Waals surface area contributed by atoms with Crippen molar-refractivity contribution in [1.82, 2.24) is 0 Å². The van der Waals surface area contributed by atoms with E-state index in [2.05, 4.69) is 82.2 Å². The largest absolute Gasteiger partial charge is 0.440 e. The van der Waals surface area contributed by atoms with Crippen LogP contribution in [0.2, 0.25) is 0 Å². The molecule has 5 nitrogen and oxygen atoms in total. The quantitative estimate of drug-likeness (QED) is 0.197. The molecule has 0 saturated heterocycles. The van der Waals surface area contributed by atoms with Gasteiger partial charge in [-0.2, -0.15) is 0 Å². The van der Waals surface area contributed by atoms with E-state index in [-0.39, 0.29) is 10.8 Å². The Morgan fingerprint density at radius 1 is 1.36 bits per heavy atom. The number of hydrogen-bond acceptors (Lipinski definition) is 4. The number of benzene rings is 1. The highest BCUT2D eigenvalue weighted by molar-refractivity contribution is 14.3. The number of hydrogen-bond donors (Lipinski definition) is 0. The molecule has 0 aliphatic heterocycles. The number of carbonyl (C=O) groups excluding carboxylic acids is 1. The summed E-state index contributed by atoms with van der Waals surface area (Å²) in [7, 11) is 3.69. The number of halogens is 4. The first kappa shape index (κ1) is 20.7. The normalized spacial score (nSPS) is 12.0. The standard InChI is InChI=1S/C12H13FI3N2O3P/c1-11(2,12(14,15)16)21-10(19)18(3)8-5-9(22)7(17-20)4-6(8)13/h4-5H,22H2,1-3H3. The molecule has 122 valence electrons. The van der Waals surface area contributed by atoms with E-state index >= 15 is 0 Å². The Balaban J connectivity index is 3.07. The van der Waals surface area contributed by atoms with Crippen molar-refractivity contribution >= 4 is 99.8 Å². The third kappa shape index (κ3) is 4.82. The number of rotatable bonds is 4. The molecular formula is C12H13FI3N2O3P. The monoisotopic (exact) mass is 664 g/mol. The topological polar surface area (TPSA) is 59.0 Å². The average Bonchev–Trinajstić information content (AvgIpc) is 2.38. The van der Waals surface area contributed by atoms with Crippen molar-refractivity contribution in [2.24, 2.45) is 5.18 Å². The van der Waals surface area contributed by atoms with Gasteiger partial charge in [-0.1, -0.05) is 67.8 Å². The van der Waals surface area contributed by atoms with E-state index in [4.69, 9.17) is 4.74 Å². The molecule has 0 radical (unpaired) electrons. The van der Waals surface area contributed by atoms with Crippen LogP contribution in [0.3, 0.4) is 0 Å². The second-order valence-electron chi connectivity index (χ2n) is 4.89. The molecule has 0 aliphatic carbocycles. The molecule has 10 heteroatoms. The van der Waals surface area contributed by atoms with Gasteiger partial charge >= 0.3 is 6.09 Å². The minimum Gasteiger partial charge on any atom is -0.440 e. The molecule has 0 aliphatic rings. The first-order valence-electron chi connectivity index (χ1n) is 5.86. The summed E-state index contributed by atoms with van der Waals surface area (Å²) >= 11 is 6.50. The summed E-state index contributed by atoms with van der Waals surface area (Å²) in [6.07, 6.45) is -0.686. The lowest BCUT2D eigenvalue weighted by Crippen LogP contribution is -2.43. The molecule has 0 heterocycles. The number of alkyl halides is 3. The van der Waals surface area contributed by atoms with Crippen molar-refractivity contribution < 1.29 is 13.9 Å². The van der Waals surface area contributed by atoms with Gasteiger partial charge in [0.05, 0.1) is 5.69 Å². The average molecular weight is 664 g/mol. The van der Waals surface area contributed by atoms with Gasteiger partial charge in [-0.25, -0.2) is 9.18 Å². The summed E-state index contributed by atoms with van der Waals surface area (Å²) in [5, 5.41) is 3.12. The molecule has 0 fully saturated rings. The predicted molar refractivity (Wildman–Crippen MR) is 115 cm³/mol. The molecule has 0 saturated carbocycles. The molecule has 1 aromatic rings. The van der Waals surface area contributed by atoms with Gasteiger partial charge in [0.2, 0.25) is 0 Å². The molecule has 1 amide bonds. The number of carbonyl (C=O) groups is 1. The zero-order chi connectivity index (χ0) is 17.3. The first-order valence-corrected chi connectivity index (χ1v) is 9.68. The second kappa shape index (κ2) is 7.68.